The number of nitro benzene ring substituents is 1. The van der Waals surface area contributed by atoms with Gasteiger partial charge in [0.15, 0.2) is 0 Å². The number of rotatable bonds is 7. The summed E-state index contributed by atoms with van der Waals surface area (Å²) in [4.78, 5) is 38.1. The molecule has 8 nitrogen and oxygen atoms in total. The van der Waals surface area contributed by atoms with Gasteiger partial charge < -0.3 is 15.0 Å². The quantitative estimate of drug-likeness (QED) is 0.401. The third-order valence-electron chi connectivity index (χ3n) is 3.44. The fourth-order valence-corrected chi connectivity index (χ4v) is 2.74. The number of benzene rings is 1. The minimum absolute atomic E-state index is 0.178. The monoisotopic (exact) mass is 423 g/mol. The second-order valence-corrected chi connectivity index (χ2v) is 6.73. The fourth-order valence-electron chi connectivity index (χ4n) is 2.40. The first kappa shape index (κ1) is 19.6. The molecule has 26 heavy (non-hydrogen) atoms. The summed E-state index contributed by atoms with van der Waals surface area (Å²) in [7, 11) is 0. The largest absolute Gasteiger partial charge is 0.463 e. The Morgan fingerprint density at radius 2 is 2.04 bits per heavy atom. The molecule has 0 saturated carbocycles. The van der Waals surface area contributed by atoms with Crippen LogP contribution in [0.25, 0.3) is 0 Å². The summed E-state index contributed by atoms with van der Waals surface area (Å²) in [5.41, 5.74) is 0.317. The Balaban J connectivity index is 2.31. The molecule has 0 spiro atoms. The SMILES string of the molecule is CC(C)OC(=O)CC(NC(=O)c1cc(Br)c[nH]1)c1ccccc1[N+](=O)[O-]. The first-order valence-corrected chi connectivity index (χ1v) is 8.64. The average molecular weight is 424 g/mol. The Morgan fingerprint density at radius 3 is 2.62 bits per heavy atom. The second-order valence-electron chi connectivity index (χ2n) is 5.82. The van der Waals surface area contributed by atoms with Crippen LogP contribution in [0.5, 0.6) is 0 Å². The van der Waals surface area contributed by atoms with Crippen molar-refractivity contribution in [2.45, 2.75) is 32.4 Å². The highest BCUT2D eigenvalue weighted by molar-refractivity contribution is 9.10. The summed E-state index contributed by atoms with van der Waals surface area (Å²) in [6, 6.07) is 6.63. The number of esters is 1. The van der Waals surface area contributed by atoms with Crippen molar-refractivity contribution in [3.8, 4) is 0 Å². The van der Waals surface area contributed by atoms with E-state index < -0.39 is 22.8 Å². The third-order valence-corrected chi connectivity index (χ3v) is 3.90. The molecular formula is C17H18BrN3O5. The smallest absolute Gasteiger partial charge is 0.308 e. The Kier molecular flexibility index (Phi) is 6.51. The number of hydrogen-bond acceptors (Lipinski definition) is 5. The minimum Gasteiger partial charge on any atom is -0.463 e. The standard InChI is InChI=1S/C17H18BrN3O5/c1-10(2)26-16(22)8-13(12-5-3-4-6-15(12)21(24)25)20-17(23)14-7-11(18)9-19-14/h3-7,9-10,13,19H,8H2,1-2H3,(H,20,23). The molecule has 2 rings (SSSR count). The first-order chi connectivity index (χ1) is 12.3. The molecule has 0 aliphatic heterocycles. The lowest BCUT2D eigenvalue weighted by molar-refractivity contribution is -0.385. The molecule has 1 aromatic carbocycles. The number of nitrogens with zero attached hydrogens (tertiary/aromatic N) is 1. The molecular weight excluding hydrogens is 406 g/mol. The Morgan fingerprint density at radius 1 is 1.35 bits per heavy atom. The summed E-state index contributed by atoms with van der Waals surface area (Å²) >= 11 is 3.24. The molecule has 1 heterocycles. The van der Waals surface area contributed by atoms with Gasteiger partial charge in [-0.25, -0.2) is 0 Å². The molecule has 0 aliphatic carbocycles. The maximum absolute atomic E-state index is 12.4. The number of ether oxygens (including phenoxy) is 1. The lowest BCUT2D eigenvalue weighted by Crippen LogP contribution is -2.31. The molecule has 0 radical (unpaired) electrons. The van der Waals surface area contributed by atoms with Crippen LogP contribution in [0.3, 0.4) is 0 Å². The van der Waals surface area contributed by atoms with Gasteiger partial charge in [-0.1, -0.05) is 18.2 Å². The number of carbonyl (C=O) groups excluding carboxylic acids is 2. The van der Waals surface area contributed by atoms with Crippen LogP contribution in [0.4, 0.5) is 5.69 Å². The number of aromatic nitrogens is 1. The predicted molar refractivity (Wildman–Crippen MR) is 97.6 cm³/mol. The van der Waals surface area contributed by atoms with Crippen molar-refractivity contribution in [2.24, 2.45) is 0 Å². The number of amides is 1. The van der Waals surface area contributed by atoms with Crippen molar-refractivity contribution in [1.29, 1.82) is 0 Å². The summed E-state index contributed by atoms with van der Waals surface area (Å²) in [5.74, 6) is -1.05. The van der Waals surface area contributed by atoms with Crippen LogP contribution in [-0.4, -0.2) is 27.9 Å². The first-order valence-electron chi connectivity index (χ1n) is 7.85. The number of carbonyl (C=O) groups is 2. The summed E-state index contributed by atoms with van der Waals surface area (Å²) in [5, 5.41) is 14.0. The van der Waals surface area contributed by atoms with E-state index in [9.17, 15) is 19.7 Å². The fraction of sp³-hybridized carbons (Fsp3) is 0.294. The van der Waals surface area contributed by atoms with E-state index in [0.29, 0.717) is 4.47 Å². The van der Waals surface area contributed by atoms with E-state index in [4.69, 9.17) is 4.74 Å². The van der Waals surface area contributed by atoms with E-state index in [0.717, 1.165) is 0 Å². The predicted octanol–water partition coefficient (Wildman–Crippen LogP) is 3.50. The van der Waals surface area contributed by atoms with Crippen molar-refractivity contribution < 1.29 is 19.2 Å². The zero-order valence-electron chi connectivity index (χ0n) is 14.2. The molecule has 1 amide bonds. The molecule has 1 aromatic heterocycles. The van der Waals surface area contributed by atoms with Gasteiger partial charge in [0.2, 0.25) is 0 Å². The van der Waals surface area contributed by atoms with Gasteiger partial charge in [-0.2, -0.15) is 0 Å². The summed E-state index contributed by atoms with van der Waals surface area (Å²) < 4.78 is 5.80. The minimum atomic E-state index is -0.905. The van der Waals surface area contributed by atoms with E-state index in [2.05, 4.69) is 26.2 Å². The van der Waals surface area contributed by atoms with E-state index in [1.165, 1.54) is 18.2 Å². The van der Waals surface area contributed by atoms with Crippen LogP contribution >= 0.6 is 15.9 Å². The van der Waals surface area contributed by atoms with E-state index in [1.807, 2.05) is 0 Å². The van der Waals surface area contributed by atoms with Gasteiger partial charge in [0, 0.05) is 16.7 Å². The molecule has 1 atom stereocenters. The molecule has 9 heteroatoms. The Hall–Kier alpha value is -2.68. The van der Waals surface area contributed by atoms with E-state index in [-0.39, 0.29) is 29.5 Å². The van der Waals surface area contributed by atoms with E-state index >= 15 is 0 Å². The number of nitrogens with one attached hydrogen (secondary N) is 2. The van der Waals surface area contributed by atoms with Gasteiger partial charge in [-0.05, 0) is 35.8 Å². The van der Waals surface area contributed by atoms with Crippen LogP contribution in [0.15, 0.2) is 41.0 Å². The van der Waals surface area contributed by atoms with Crippen molar-refractivity contribution in [2.75, 3.05) is 0 Å². The van der Waals surface area contributed by atoms with Gasteiger partial charge in [0.1, 0.15) is 5.69 Å². The number of hydrogen-bond donors (Lipinski definition) is 2. The zero-order valence-corrected chi connectivity index (χ0v) is 15.8. The topological polar surface area (TPSA) is 114 Å². The maximum atomic E-state index is 12.4. The Labute approximate surface area is 158 Å². The van der Waals surface area contributed by atoms with Crippen LogP contribution in [0, 0.1) is 10.1 Å². The number of aromatic amines is 1. The van der Waals surface area contributed by atoms with E-state index in [1.54, 1.807) is 32.2 Å². The average Bonchev–Trinajstić information content (AvgIpc) is 3.00. The van der Waals surface area contributed by atoms with Crippen molar-refractivity contribution in [1.82, 2.24) is 10.3 Å². The number of halogens is 1. The molecule has 1 unspecified atom stereocenters. The molecule has 0 bridgehead atoms. The maximum Gasteiger partial charge on any atom is 0.308 e. The molecule has 0 saturated heterocycles. The van der Waals surface area contributed by atoms with Gasteiger partial charge in [-0.3, -0.25) is 19.7 Å². The van der Waals surface area contributed by atoms with Crippen molar-refractivity contribution >= 4 is 33.5 Å². The number of para-hydroxylation sites is 1. The van der Waals surface area contributed by atoms with Crippen LogP contribution in [0.1, 0.15) is 42.4 Å². The van der Waals surface area contributed by atoms with Crippen LogP contribution in [-0.2, 0) is 9.53 Å². The molecule has 0 fully saturated rings. The lowest BCUT2D eigenvalue weighted by atomic mass is 10.0. The number of H-pyrrole nitrogens is 1. The van der Waals surface area contributed by atoms with Gasteiger partial charge in [0.25, 0.3) is 11.6 Å². The normalized spacial score (nSPS) is 11.8. The highest BCUT2D eigenvalue weighted by Crippen LogP contribution is 2.28. The Bertz CT molecular complexity index is 818. The lowest BCUT2D eigenvalue weighted by Gasteiger charge is -2.19. The van der Waals surface area contributed by atoms with Crippen LogP contribution in [0.2, 0.25) is 0 Å². The number of nitro groups is 1. The molecule has 0 aliphatic rings. The second kappa shape index (κ2) is 8.61. The third kappa shape index (κ3) is 5.16. The zero-order chi connectivity index (χ0) is 19.3. The van der Waals surface area contributed by atoms with Crippen molar-refractivity contribution in [3.63, 3.8) is 0 Å². The highest BCUT2D eigenvalue weighted by atomic mass is 79.9. The highest BCUT2D eigenvalue weighted by Gasteiger charge is 2.27. The van der Waals surface area contributed by atoms with Gasteiger partial charge in [-0.15, -0.1) is 0 Å². The van der Waals surface area contributed by atoms with Gasteiger partial charge >= 0.3 is 5.97 Å². The molecule has 138 valence electrons. The summed E-state index contributed by atoms with van der Waals surface area (Å²) in [6.45, 7) is 3.40. The molecule has 2 aromatic rings. The van der Waals surface area contributed by atoms with Crippen LogP contribution < -0.4 is 5.32 Å². The molecule has 2 N–H and O–H groups in total. The van der Waals surface area contributed by atoms with Gasteiger partial charge in [0.05, 0.1) is 29.1 Å². The van der Waals surface area contributed by atoms with Crippen molar-refractivity contribution in [3.05, 3.63) is 62.4 Å². The summed E-state index contributed by atoms with van der Waals surface area (Å²) in [6.07, 6.45) is 1.03.